The van der Waals surface area contributed by atoms with Crippen molar-refractivity contribution in [3.8, 4) is 0 Å². The molecule has 2 rings (SSSR count). The highest BCUT2D eigenvalue weighted by atomic mass is 32.2. The Hall–Kier alpha value is -0.550. The third-order valence-electron chi connectivity index (χ3n) is 4.15. The third kappa shape index (κ3) is 5.99. The van der Waals surface area contributed by atoms with E-state index in [1.54, 1.807) is 0 Å². The van der Waals surface area contributed by atoms with E-state index in [4.69, 9.17) is 5.11 Å². The van der Waals surface area contributed by atoms with Gasteiger partial charge in [-0.15, -0.1) is 0 Å². The van der Waals surface area contributed by atoms with Crippen LogP contribution in [0.25, 0.3) is 0 Å². The third-order valence-corrected chi connectivity index (χ3v) is 4.89. The van der Waals surface area contributed by atoms with Crippen LogP contribution in [0.4, 0.5) is 0 Å². The summed E-state index contributed by atoms with van der Waals surface area (Å²) in [6.45, 7) is 3.68. The zero-order valence-corrected chi connectivity index (χ0v) is 13.8. The Kier molecular flexibility index (Phi) is 7.58. The van der Waals surface area contributed by atoms with Crippen molar-refractivity contribution in [1.82, 2.24) is 10.2 Å². The van der Waals surface area contributed by atoms with E-state index in [2.05, 4.69) is 46.8 Å². The van der Waals surface area contributed by atoms with Crippen LogP contribution in [0.15, 0.2) is 30.3 Å². The van der Waals surface area contributed by atoms with Crippen LogP contribution in [0.1, 0.15) is 24.8 Å². The van der Waals surface area contributed by atoms with Crippen molar-refractivity contribution in [2.45, 2.75) is 37.9 Å². The lowest BCUT2D eigenvalue weighted by Crippen LogP contribution is -2.47. The number of aliphatic hydroxyl groups is 1. The normalized spacial score (nSPS) is 18.8. The highest BCUT2D eigenvalue weighted by Gasteiger charge is 2.21. The van der Waals surface area contributed by atoms with Crippen LogP contribution in [0.2, 0.25) is 0 Å². The fraction of sp³-hybridized carbons (Fsp3) is 0.647. The fourth-order valence-corrected chi connectivity index (χ4v) is 3.67. The molecule has 3 nitrogen and oxygen atoms in total. The summed E-state index contributed by atoms with van der Waals surface area (Å²) < 4.78 is 0. The summed E-state index contributed by atoms with van der Waals surface area (Å²) in [7, 11) is 0. The van der Waals surface area contributed by atoms with Gasteiger partial charge in [-0.05, 0) is 44.2 Å². The van der Waals surface area contributed by atoms with Gasteiger partial charge < -0.3 is 10.4 Å². The Bertz CT molecular complexity index is 374. The van der Waals surface area contributed by atoms with E-state index >= 15 is 0 Å². The second-order valence-corrected chi connectivity index (χ2v) is 6.78. The van der Waals surface area contributed by atoms with Gasteiger partial charge in [-0.3, -0.25) is 4.90 Å². The number of aliphatic hydroxyl groups excluding tert-OH is 1. The summed E-state index contributed by atoms with van der Waals surface area (Å²) in [6.07, 6.45) is 5.42. The highest BCUT2D eigenvalue weighted by Crippen LogP contribution is 2.15. The molecule has 1 fully saturated rings. The summed E-state index contributed by atoms with van der Waals surface area (Å²) in [5, 5.41) is 12.9. The number of thioether (sulfide) groups is 1. The van der Waals surface area contributed by atoms with E-state index in [0.29, 0.717) is 12.1 Å². The van der Waals surface area contributed by atoms with Gasteiger partial charge in [0.1, 0.15) is 0 Å². The van der Waals surface area contributed by atoms with Gasteiger partial charge in [0.15, 0.2) is 0 Å². The molecule has 1 unspecified atom stereocenters. The first-order chi connectivity index (χ1) is 10.3. The first-order valence-corrected chi connectivity index (χ1v) is 9.33. The predicted molar refractivity (Wildman–Crippen MR) is 91.7 cm³/mol. The molecule has 0 bridgehead atoms. The molecule has 1 saturated heterocycles. The Morgan fingerprint density at radius 2 is 2.00 bits per heavy atom. The molecule has 0 aliphatic carbocycles. The summed E-state index contributed by atoms with van der Waals surface area (Å²) >= 11 is 1.86. The summed E-state index contributed by atoms with van der Waals surface area (Å²) in [4.78, 5) is 2.54. The van der Waals surface area contributed by atoms with Crippen molar-refractivity contribution in [2.75, 3.05) is 31.7 Å². The molecule has 1 aliphatic rings. The SMILES string of the molecule is CSCC(CCO)NC1CCN(Cc2ccccc2)CC1. The monoisotopic (exact) mass is 308 g/mol. The molecule has 0 spiro atoms. The Labute approximate surface area is 133 Å². The lowest BCUT2D eigenvalue weighted by atomic mass is 10.0. The van der Waals surface area contributed by atoms with E-state index in [9.17, 15) is 0 Å². The van der Waals surface area contributed by atoms with Crippen molar-refractivity contribution in [3.63, 3.8) is 0 Å². The minimum atomic E-state index is 0.283. The maximum atomic E-state index is 9.14. The number of hydrogen-bond donors (Lipinski definition) is 2. The Morgan fingerprint density at radius 3 is 2.62 bits per heavy atom. The average molecular weight is 308 g/mol. The van der Waals surface area contributed by atoms with Crippen LogP contribution in [-0.2, 0) is 6.54 Å². The van der Waals surface area contributed by atoms with Gasteiger partial charge >= 0.3 is 0 Å². The molecule has 0 saturated carbocycles. The van der Waals surface area contributed by atoms with Crippen molar-refractivity contribution in [2.24, 2.45) is 0 Å². The minimum absolute atomic E-state index is 0.283. The molecule has 0 radical (unpaired) electrons. The Balaban J connectivity index is 1.72. The molecule has 0 amide bonds. The fourth-order valence-electron chi connectivity index (χ4n) is 3.00. The van der Waals surface area contributed by atoms with Gasteiger partial charge in [0.05, 0.1) is 0 Å². The van der Waals surface area contributed by atoms with Crippen molar-refractivity contribution in [1.29, 1.82) is 0 Å². The number of benzene rings is 1. The van der Waals surface area contributed by atoms with Crippen molar-refractivity contribution >= 4 is 11.8 Å². The van der Waals surface area contributed by atoms with E-state index in [1.165, 1.54) is 18.4 Å². The Morgan fingerprint density at radius 1 is 1.29 bits per heavy atom. The van der Waals surface area contributed by atoms with Gasteiger partial charge in [0.25, 0.3) is 0 Å². The van der Waals surface area contributed by atoms with Gasteiger partial charge in [-0.2, -0.15) is 11.8 Å². The quantitative estimate of drug-likeness (QED) is 0.773. The lowest BCUT2D eigenvalue weighted by Gasteiger charge is -2.34. The molecule has 4 heteroatoms. The molecule has 118 valence electrons. The molecule has 21 heavy (non-hydrogen) atoms. The largest absolute Gasteiger partial charge is 0.396 e. The molecule has 1 aliphatic heterocycles. The molecule has 1 aromatic carbocycles. The van der Waals surface area contributed by atoms with Crippen LogP contribution in [-0.4, -0.2) is 53.8 Å². The molecular formula is C17H28N2OS. The predicted octanol–water partition coefficient (Wildman–Crippen LogP) is 2.35. The first-order valence-electron chi connectivity index (χ1n) is 7.94. The van der Waals surface area contributed by atoms with Crippen LogP contribution < -0.4 is 5.32 Å². The number of likely N-dealkylation sites (tertiary alicyclic amines) is 1. The summed E-state index contributed by atoms with van der Waals surface area (Å²) in [5.41, 5.74) is 1.41. The van der Waals surface area contributed by atoms with Gasteiger partial charge in [-0.1, -0.05) is 30.3 Å². The molecule has 0 aromatic heterocycles. The van der Waals surface area contributed by atoms with E-state index in [-0.39, 0.29) is 6.61 Å². The van der Waals surface area contributed by atoms with Crippen molar-refractivity contribution < 1.29 is 5.11 Å². The second kappa shape index (κ2) is 9.46. The first kappa shape index (κ1) is 16.8. The van der Waals surface area contributed by atoms with Gasteiger partial charge in [0.2, 0.25) is 0 Å². The smallest absolute Gasteiger partial charge is 0.0446 e. The van der Waals surface area contributed by atoms with Gasteiger partial charge in [0, 0.05) is 31.0 Å². The molecule has 1 heterocycles. The molecular weight excluding hydrogens is 280 g/mol. The molecule has 2 N–H and O–H groups in total. The second-order valence-electron chi connectivity index (χ2n) is 5.87. The van der Waals surface area contributed by atoms with E-state index < -0.39 is 0 Å². The van der Waals surface area contributed by atoms with Crippen LogP contribution in [0.3, 0.4) is 0 Å². The van der Waals surface area contributed by atoms with Crippen LogP contribution >= 0.6 is 11.8 Å². The highest BCUT2D eigenvalue weighted by molar-refractivity contribution is 7.98. The summed E-state index contributed by atoms with van der Waals surface area (Å²) in [5.74, 6) is 1.09. The maximum absolute atomic E-state index is 9.14. The van der Waals surface area contributed by atoms with Crippen molar-refractivity contribution in [3.05, 3.63) is 35.9 Å². The number of hydrogen-bond acceptors (Lipinski definition) is 4. The zero-order valence-electron chi connectivity index (χ0n) is 13.0. The zero-order chi connectivity index (χ0) is 14.9. The number of nitrogens with one attached hydrogen (secondary N) is 1. The number of nitrogens with zero attached hydrogens (tertiary/aromatic N) is 1. The lowest BCUT2D eigenvalue weighted by molar-refractivity contribution is 0.180. The maximum Gasteiger partial charge on any atom is 0.0446 e. The average Bonchev–Trinajstić information content (AvgIpc) is 2.51. The van der Waals surface area contributed by atoms with Gasteiger partial charge in [-0.25, -0.2) is 0 Å². The van der Waals surface area contributed by atoms with Crippen LogP contribution in [0.5, 0.6) is 0 Å². The topological polar surface area (TPSA) is 35.5 Å². The summed E-state index contributed by atoms with van der Waals surface area (Å²) in [6, 6.07) is 11.8. The minimum Gasteiger partial charge on any atom is -0.396 e. The number of rotatable bonds is 8. The standard InChI is InChI=1S/C17H28N2OS/c1-21-14-17(9-12-20)18-16-7-10-19(11-8-16)13-15-5-3-2-4-6-15/h2-6,16-18,20H,7-14H2,1H3. The van der Waals surface area contributed by atoms with E-state index in [0.717, 1.165) is 31.8 Å². The molecule has 1 aromatic rings. The molecule has 1 atom stereocenters. The number of piperidine rings is 1. The van der Waals surface area contributed by atoms with Crippen LogP contribution in [0, 0.1) is 0 Å². The van der Waals surface area contributed by atoms with E-state index in [1.807, 2.05) is 11.8 Å².